The van der Waals surface area contributed by atoms with Gasteiger partial charge in [0.15, 0.2) is 5.69 Å². The summed E-state index contributed by atoms with van der Waals surface area (Å²) in [5.41, 5.74) is 7.93. The van der Waals surface area contributed by atoms with Crippen LogP contribution in [0, 0.1) is 26.5 Å². The van der Waals surface area contributed by atoms with Crippen molar-refractivity contribution in [2.24, 2.45) is 7.05 Å². The van der Waals surface area contributed by atoms with Crippen LogP contribution in [0.5, 0.6) is 5.75 Å². The van der Waals surface area contributed by atoms with Crippen molar-refractivity contribution in [1.29, 1.82) is 0 Å². The molecule has 5 rings (SSSR count). The Morgan fingerprint density at radius 3 is 2.47 bits per heavy atom. The Hall–Kier alpha value is -3.74. The summed E-state index contributed by atoms with van der Waals surface area (Å²) in [5, 5.41) is 10.9. The van der Waals surface area contributed by atoms with Crippen LogP contribution in [0.15, 0.2) is 66.9 Å². The zero-order valence-corrected chi connectivity index (χ0v) is 21.2. The van der Waals surface area contributed by atoms with Crippen molar-refractivity contribution in [3.8, 4) is 39.5 Å². The van der Waals surface area contributed by atoms with Crippen molar-refractivity contribution in [3.63, 3.8) is 0 Å². The zero-order valence-electron chi connectivity index (χ0n) is 18.9. The molecular weight excluding hydrogens is 603 g/mol. The largest absolute Gasteiger partial charge is 0.508 e. The predicted molar refractivity (Wildman–Crippen MR) is 131 cm³/mol. The van der Waals surface area contributed by atoms with E-state index in [1.807, 2.05) is 79.2 Å². The minimum Gasteiger partial charge on any atom is -0.508 e. The van der Waals surface area contributed by atoms with E-state index in [0.29, 0.717) is 22.6 Å². The number of nitrogens with zero attached hydrogens (tertiary/aromatic N) is 4. The summed E-state index contributed by atoms with van der Waals surface area (Å²) in [6, 6.07) is 23.2. The molecule has 0 fully saturated rings. The third kappa shape index (κ3) is 3.81. The van der Waals surface area contributed by atoms with Gasteiger partial charge in [-0.1, -0.05) is 41.5 Å². The van der Waals surface area contributed by atoms with E-state index in [0.717, 1.165) is 39.0 Å². The number of imidazole rings is 1. The third-order valence-corrected chi connectivity index (χ3v) is 5.99. The number of hydrogen-bond acceptors (Lipinski definition) is 3. The minimum absolute atomic E-state index is 0. The van der Waals surface area contributed by atoms with Crippen LogP contribution in [0.2, 0.25) is 0 Å². The predicted octanol–water partition coefficient (Wildman–Crippen LogP) is 6.64. The monoisotopic (exact) mass is 624 g/mol. The smallest absolute Gasteiger partial charge is 0.196 e. The second-order valence-electron chi connectivity index (χ2n) is 8.04. The summed E-state index contributed by atoms with van der Waals surface area (Å²) in [7, 11) is 1.94. The number of phenolic OH excluding ortho intramolecular Hbond substituents is 1. The number of aromatic hydroxyl groups is 1. The Bertz CT molecular complexity index is 1570. The molecular formula is C28H21N4OPt-. The number of pyridine rings is 1. The fourth-order valence-corrected chi connectivity index (χ4v) is 4.28. The second-order valence-corrected chi connectivity index (χ2v) is 8.04. The van der Waals surface area contributed by atoms with Crippen LogP contribution in [-0.2, 0) is 28.1 Å². The van der Waals surface area contributed by atoms with E-state index in [1.165, 1.54) is 0 Å². The molecule has 0 aliphatic heterocycles. The Kier molecular flexibility index (Phi) is 6.37. The van der Waals surface area contributed by atoms with Crippen LogP contribution in [0.25, 0.3) is 49.7 Å². The van der Waals surface area contributed by atoms with E-state index in [1.54, 1.807) is 13.1 Å². The van der Waals surface area contributed by atoms with Gasteiger partial charge in [-0.2, -0.15) is 0 Å². The van der Waals surface area contributed by atoms with Crippen molar-refractivity contribution in [2.75, 3.05) is 0 Å². The van der Waals surface area contributed by atoms with Crippen LogP contribution in [0.4, 0.5) is 5.69 Å². The molecule has 0 bridgehead atoms. The van der Waals surface area contributed by atoms with Gasteiger partial charge in [0.25, 0.3) is 0 Å². The van der Waals surface area contributed by atoms with Crippen LogP contribution in [0.1, 0.15) is 11.1 Å². The normalized spacial score (nSPS) is 10.6. The molecule has 6 heteroatoms. The SMILES string of the molecule is [C-]#[N+]c1c(C)cc(-c2nc3c(-c4[c-]c(-c5ccccn5)ccc4)cccc3n2C)c(O)c1C.[Pt]. The number of fused-ring (bicyclic) bond motifs is 1. The molecule has 0 radical (unpaired) electrons. The van der Waals surface area contributed by atoms with Gasteiger partial charge in [-0.25, -0.2) is 9.83 Å². The van der Waals surface area contributed by atoms with Crippen LogP contribution in [0.3, 0.4) is 0 Å². The standard InChI is InChI=1S/C28H21N4O.Pt/c1-17-15-22(27(33)18(2)25(17)29-3)28-31-26-21(11-8-13-24(26)32(28)4)19-9-7-10-20(16-19)23-12-5-6-14-30-23;/h5-15,33H,1-2,4H3;/q-1;. The molecule has 2 aromatic heterocycles. The molecule has 5 aromatic rings. The maximum Gasteiger partial charge on any atom is 0.196 e. The molecule has 3 aromatic carbocycles. The van der Waals surface area contributed by atoms with E-state index in [2.05, 4.69) is 15.9 Å². The minimum atomic E-state index is 0. The van der Waals surface area contributed by atoms with E-state index < -0.39 is 0 Å². The van der Waals surface area contributed by atoms with Gasteiger partial charge in [-0.3, -0.25) is 4.98 Å². The maximum absolute atomic E-state index is 10.9. The first-order chi connectivity index (χ1) is 16.0. The van der Waals surface area contributed by atoms with Crippen molar-refractivity contribution < 1.29 is 26.2 Å². The fourth-order valence-electron chi connectivity index (χ4n) is 4.28. The summed E-state index contributed by atoms with van der Waals surface area (Å²) in [6.07, 6.45) is 1.78. The molecule has 5 nitrogen and oxygen atoms in total. The summed E-state index contributed by atoms with van der Waals surface area (Å²) < 4.78 is 1.98. The molecule has 0 spiro atoms. The molecule has 0 saturated carbocycles. The molecule has 170 valence electrons. The Morgan fingerprint density at radius 1 is 0.971 bits per heavy atom. The molecule has 0 aliphatic rings. The molecule has 0 unspecified atom stereocenters. The first-order valence-electron chi connectivity index (χ1n) is 10.6. The van der Waals surface area contributed by atoms with Crippen molar-refractivity contribution in [1.82, 2.24) is 14.5 Å². The van der Waals surface area contributed by atoms with Crippen LogP contribution < -0.4 is 0 Å². The van der Waals surface area contributed by atoms with Gasteiger partial charge in [0.2, 0.25) is 0 Å². The van der Waals surface area contributed by atoms with Crippen LogP contribution in [-0.4, -0.2) is 19.6 Å². The number of hydrogen-bond donors (Lipinski definition) is 1. The maximum atomic E-state index is 10.9. The molecule has 0 aliphatic carbocycles. The van der Waals surface area contributed by atoms with Gasteiger partial charge in [-0.15, -0.1) is 29.8 Å². The van der Waals surface area contributed by atoms with Crippen molar-refractivity contribution in [3.05, 3.63) is 95.5 Å². The summed E-state index contributed by atoms with van der Waals surface area (Å²) in [4.78, 5) is 13.0. The summed E-state index contributed by atoms with van der Waals surface area (Å²) in [6.45, 7) is 11.1. The van der Waals surface area contributed by atoms with Gasteiger partial charge in [0.1, 0.15) is 11.6 Å². The molecule has 2 heterocycles. The van der Waals surface area contributed by atoms with Gasteiger partial charge in [0, 0.05) is 40.0 Å². The van der Waals surface area contributed by atoms with Crippen molar-refractivity contribution >= 4 is 16.7 Å². The van der Waals surface area contributed by atoms with E-state index >= 15 is 0 Å². The fraction of sp³-hybridized carbons (Fsp3) is 0.107. The quantitative estimate of drug-likeness (QED) is 0.229. The van der Waals surface area contributed by atoms with Gasteiger partial charge < -0.3 is 9.67 Å². The number of benzene rings is 3. The topological polar surface area (TPSA) is 55.3 Å². The Morgan fingerprint density at radius 2 is 1.74 bits per heavy atom. The number of aryl methyl sites for hydroxylation is 2. The second kappa shape index (κ2) is 9.25. The number of aromatic nitrogens is 3. The van der Waals surface area contributed by atoms with E-state index in [-0.39, 0.29) is 26.8 Å². The first kappa shape index (κ1) is 23.4. The Labute approximate surface area is 212 Å². The molecule has 0 amide bonds. The van der Waals surface area contributed by atoms with Gasteiger partial charge >= 0.3 is 0 Å². The van der Waals surface area contributed by atoms with Gasteiger partial charge in [0.05, 0.1) is 23.2 Å². The number of para-hydroxylation sites is 1. The molecule has 1 N–H and O–H groups in total. The number of rotatable bonds is 3. The van der Waals surface area contributed by atoms with E-state index in [4.69, 9.17) is 11.6 Å². The average molecular weight is 625 g/mol. The summed E-state index contributed by atoms with van der Waals surface area (Å²) in [5.74, 6) is 0.744. The van der Waals surface area contributed by atoms with Crippen LogP contribution >= 0.6 is 0 Å². The molecule has 34 heavy (non-hydrogen) atoms. The van der Waals surface area contributed by atoms with Gasteiger partial charge in [-0.05, 0) is 37.1 Å². The third-order valence-electron chi connectivity index (χ3n) is 5.99. The zero-order chi connectivity index (χ0) is 23.1. The first-order valence-corrected chi connectivity index (χ1v) is 10.6. The van der Waals surface area contributed by atoms with E-state index in [9.17, 15) is 5.11 Å². The Balaban J connectivity index is 0.00000274. The molecule has 0 saturated heterocycles. The molecule has 0 atom stereocenters. The number of phenols is 1. The average Bonchev–Trinajstić information content (AvgIpc) is 3.19. The van der Waals surface area contributed by atoms with Crippen molar-refractivity contribution in [2.45, 2.75) is 13.8 Å². The summed E-state index contributed by atoms with van der Waals surface area (Å²) >= 11 is 0.